The fourth-order valence-electron chi connectivity index (χ4n) is 4.07. The van der Waals surface area contributed by atoms with Crippen LogP contribution in [0.5, 0.6) is 0 Å². The zero-order chi connectivity index (χ0) is 20.1. The fraction of sp³-hybridized carbons (Fsp3) is 0.318. The third-order valence-corrected chi connectivity index (χ3v) is 6.04. The Hall–Kier alpha value is -3.24. The van der Waals surface area contributed by atoms with Crippen LogP contribution in [0.1, 0.15) is 22.4 Å². The highest BCUT2D eigenvalue weighted by Crippen LogP contribution is 2.39. The minimum absolute atomic E-state index is 0.232. The van der Waals surface area contributed by atoms with Gasteiger partial charge < -0.3 is 15.0 Å². The fourth-order valence-corrected chi connectivity index (χ4v) is 4.07. The molecule has 29 heavy (non-hydrogen) atoms. The van der Waals surface area contributed by atoms with Crippen LogP contribution in [-0.2, 0) is 11.3 Å². The molecule has 2 aliphatic heterocycles. The number of rotatable bonds is 4. The van der Waals surface area contributed by atoms with Crippen molar-refractivity contribution in [2.75, 3.05) is 23.4 Å². The Balaban J connectivity index is 1.50. The van der Waals surface area contributed by atoms with Crippen LogP contribution in [0.2, 0.25) is 0 Å². The van der Waals surface area contributed by atoms with Gasteiger partial charge in [0, 0.05) is 23.9 Å². The van der Waals surface area contributed by atoms with E-state index in [1.54, 1.807) is 12.1 Å². The Morgan fingerprint density at radius 3 is 2.83 bits per heavy atom. The Morgan fingerprint density at radius 2 is 2.14 bits per heavy atom. The number of nitriles is 1. The van der Waals surface area contributed by atoms with Crippen molar-refractivity contribution in [2.45, 2.75) is 32.5 Å². The molecular formula is C22H20FN5O. The van der Waals surface area contributed by atoms with Gasteiger partial charge in [0.25, 0.3) is 0 Å². The normalized spacial score (nSPS) is 19.9. The summed E-state index contributed by atoms with van der Waals surface area (Å²) in [5.41, 5.74) is 3.88. The molecule has 0 bridgehead atoms. The number of anilines is 2. The first-order valence-electron chi connectivity index (χ1n) is 9.64. The van der Waals surface area contributed by atoms with Crippen molar-refractivity contribution in [3.05, 3.63) is 58.5 Å². The molecule has 2 aromatic carbocycles. The summed E-state index contributed by atoms with van der Waals surface area (Å²) in [5, 5.41) is 22.7. The molecule has 0 amide bonds. The van der Waals surface area contributed by atoms with E-state index in [1.807, 2.05) is 32.0 Å². The summed E-state index contributed by atoms with van der Waals surface area (Å²) in [7, 11) is 0. The van der Waals surface area contributed by atoms with Gasteiger partial charge in [-0.15, -0.1) is 5.10 Å². The molecule has 1 aromatic heterocycles. The number of hydrogen-bond donors (Lipinski definition) is 1. The quantitative estimate of drug-likeness (QED) is 0.737. The third kappa shape index (κ3) is 2.79. The predicted octanol–water partition coefficient (Wildman–Crippen LogP) is 3.46. The lowest BCUT2D eigenvalue weighted by Gasteiger charge is -2.56. The molecule has 0 radical (unpaired) electrons. The van der Waals surface area contributed by atoms with Gasteiger partial charge in [-0.25, -0.2) is 4.39 Å². The van der Waals surface area contributed by atoms with E-state index in [9.17, 15) is 9.65 Å². The number of halogens is 1. The highest BCUT2D eigenvalue weighted by molar-refractivity contribution is 5.95. The van der Waals surface area contributed by atoms with Crippen LogP contribution in [0.3, 0.4) is 0 Å². The van der Waals surface area contributed by atoms with Crippen LogP contribution in [0, 0.1) is 31.0 Å². The molecule has 2 aliphatic rings. The second-order valence-electron chi connectivity index (χ2n) is 7.63. The number of aromatic nitrogens is 2. The topological polar surface area (TPSA) is 74.1 Å². The second-order valence-corrected chi connectivity index (χ2v) is 7.63. The molecule has 1 unspecified atom stereocenters. The average molecular weight is 389 g/mol. The molecule has 2 fully saturated rings. The minimum atomic E-state index is -0.248. The van der Waals surface area contributed by atoms with Gasteiger partial charge in [-0.05, 0) is 43.2 Å². The molecule has 0 aliphatic carbocycles. The zero-order valence-electron chi connectivity index (χ0n) is 16.2. The summed E-state index contributed by atoms with van der Waals surface area (Å²) < 4.78 is 20.3. The summed E-state index contributed by atoms with van der Waals surface area (Å²) >= 11 is 0. The first kappa shape index (κ1) is 17.8. The lowest BCUT2D eigenvalue weighted by Crippen LogP contribution is -2.71. The van der Waals surface area contributed by atoms with Gasteiger partial charge in [0.1, 0.15) is 5.82 Å². The van der Waals surface area contributed by atoms with E-state index >= 15 is 0 Å². The van der Waals surface area contributed by atoms with Gasteiger partial charge in [0.05, 0.1) is 41.8 Å². The number of aryl methyl sites for hydroxylation is 1. The lowest BCUT2D eigenvalue weighted by molar-refractivity contribution is -0.113. The van der Waals surface area contributed by atoms with E-state index in [0.29, 0.717) is 42.5 Å². The Labute approximate surface area is 167 Å². The molecule has 3 aromatic rings. The highest BCUT2D eigenvalue weighted by atomic mass is 19.1. The molecule has 5 rings (SSSR count). The van der Waals surface area contributed by atoms with Crippen molar-refractivity contribution in [2.24, 2.45) is 0 Å². The Bertz CT molecular complexity index is 1170. The van der Waals surface area contributed by atoms with Crippen molar-refractivity contribution < 1.29 is 9.13 Å². The van der Waals surface area contributed by atoms with Crippen LogP contribution < -0.4 is 10.2 Å². The molecule has 7 heteroatoms. The van der Waals surface area contributed by atoms with Crippen molar-refractivity contribution in [3.8, 4) is 6.07 Å². The first-order chi connectivity index (χ1) is 14.1. The first-order valence-corrected chi connectivity index (χ1v) is 9.64. The maximum Gasteiger partial charge on any atom is 0.156 e. The average Bonchev–Trinajstić information content (AvgIpc) is 2.70. The maximum absolute atomic E-state index is 14.8. The summed E-state index contributed by atoms with van der Waals surface area (Å²) in [6.45, 7) is 5.63. The molecule has 6 nitrogen and oxygen atoms in total. The van der Waals surface area contributed by atoms with Gasteiger partial charge in [-0.2, -0.15) is 10.4 Å². The van der Waals surface area contributed by atoms with Crippen molar-refractivity contribution >= 4 is 22.3 Å². The van der Waals surface area contributed by atoms with Crippen LogP contribution >= 0.6 is 0 Å². The molecule has 0 spiro atoms. The summed E-state index contributed by atoms with van der Waals surface area (Å²) in [6.07, 6.45) is 0.232. The molecule has 146 valence electrons. The number of fused-ring (bicyclic) bond motifs is 2. The van der Waals surface area contributed by atoms with Gasteiger partial charge in [-0.1, -0.05) is 12.1 Å². The Morgan fingerprint density at radius 1 is 1.28 bits per heavy atom. The summed E-state index contributed by atoms with van der Waals surface area (Å²) in [4.78, 5) is 2.06. The number of nitrogens with one attached hydrogen (secondary N) is 1. The van der Waals surface area contributed by atoms with E-state index in [-0.39, 0.29) is 18.0 Å². The second kappa shape index (κ2) is 6.68. The molecule has 2 saturated heterocycles. The van der Waals surface area contributed by atoms with Crippen molar-refractivity contribution in [1.29, 1.82) is 5.26 Å². The number of ether oxygens (including phenoxy) is 1. The van der Waals surface area contributed by atoms with Gasteiger partial charge in [-0.3, -0.25) is 0 Å². The number of hydrogen-bond acceptors (Lipinski definition) is 6. The predicted molar refractivity (Wildman–Crippen MR) is 108 cm³/mol. The van der Waals surface area contributed by atoms with E-state index in [0.717, 1.165) is 21.9 Å². The van der Waals surface area contributed by atoms with E-state index in [1.165, 1.54) is 0 Å². The van der Waals surface area contributed by atoms with E-state index in [2.05, 4.69) is 26.5 Å². The molecule has 0 saturated carbocycles. The summed E-state index contributed by atoms with van der Waals surface area (Å²) in [6, 6.07) is 11.5. The largest absolute Gasteiger partial charge is 0.372 e. The molecule has 2 atom stereocenters. The minimum Gasteiger partial charge on any atom is -0.372 e. The lowest BCUT2D eigenvalue weighted by atomic mass is 9.93. The van der Waals surface area contributed by atoms with Crippen LogP contribution in [0.4, 0.5) is 15.9 Å². The van der Waals surface area contributed by atoms with Crippen LogP contribution in [-0.4, -0.2) is 35.5 Å². The molecule has 3 heterocycles. The maximum atomic E-state index is 14.8. The SMILES string of the molecule is Cc1c(C#N)cccc1CNc1nnc(C)c2cc(F)c(N3C[C@@H]4OCC43)cc12. The number of benzene rings is 2. The van der Waals surface area contributed by atoms with Crippen LogP contribution in [0.25, 0.3) is 10.8 Å². The van der Waals surface area contributed by atoms with Crippen molar-refractivity contribution in [1.82, 2.24) is 10.2 Å². The molecular weight excluding hydrogens is 369 g/mol. The van der Waals surface area contributed by atoms with Gasteiger partial charge in [0.2, 0.25) is 0 Å². The van der Waals surface area contributed by atoms with E-state index < -0.39 is 0 Å². The third-order valence-electron chi connectivity index (χ3n) is 6.04. The smallest absolute Gasteiger partial charge is 0.156 e. The number of nitrogens with zero attached hydrogens (tertiary/aromatic N) is 4. The van der Waals surface area contributed by atoms with E-state index in [4.69, 9.17) is 4.74 Å². The van der Waals surface area contributed by atoms with Gasteiger partial charge in [0.15, 0.2) is 5.82 Å². The number of morpholine rings is 1. The van der Waals surface area contributed by atoms with Gasteiger partial charge >= 0.3 is 0 Å². The monoisotopic (exact) mass is 389 g/mol. The summed E-state index contributed by atoms with van der Waals surface area (Å²) in [5.74, 6) is 0.359. The van der Waals surface area contributed by atoms with Crippen molar-refractivity contribution in [3.63, 3.8) is 0 Å². The Kier molecular flexibility index (Phi) is 4.10. The molecule has 1 N–H and O–H groups in total. The standard InChI is InChI=1S/C22H20FN5O/c1-12-14(8-24)4-3-5-15(12)9-25-22-17-7-19(28-10-21-20(28)11-29-21)18(23)6-16(17)13(2)26-27-22/h3-7,20-21H,9-11H2,1-2H3,(H,25,27)/t20?,21-/m0/s1. The highest BCUT2D eigenvalue weighted by Gasteiger charge is 2.48. The van der Waals surface area contributed by atoms with Crippen LogP contribution in [0.15, 0.2) is 30.3 Å². The zero-order valence-corrected chi connectivity index (χ0v) is 16.2.